The number of amides is 1. The highest BCUT2D eigenvalue weighted by atomic mass is 16.2. The van der Waals surface area contributed by atoms with E-state index in [1.807, 2.05) is 38.4 Å². The second-order valence-corrected chi connectivity index (χ2v) is 5.33. The molecule has 1 aliphatic heterocycles. The zero-order valence-corrected chi connectivity index (χ0v) is 11.3. The van der Waals surface area contributed by atoms with Crippen molar-refractivity contribution in [3.63, 3.8) is 0 Å². The second-order valence-electron chi connectivity index (χ2n) is 5.33. The van der Waals surface area contributed by atoms with Crippen LogP contribution in [0.5, 0.6) is 0 Å². The summed E-state index contributed by atoms with van der Waals surface area (Å²) < 4.78 is 0. The molecule has 0 aromatic heterocycles. The molecule has 98 valence electrons. The van der Waals surface area contributed by atoms with E-state index in [0.29, 0.717) is 0 Å². The van der Waals surface area contributed by atoms with E-state index in [1.165, 1.54) is 5.56 Å². The average Bonchev–Trinajstić information content (AvgIpc) is 2.71. The summed E-state index contributed by atoms with van der Waals surface area (Å²) in [7, 11) is 5.70. The summed E-state index contributed by atoms with van der Waals surface area (Å²) >= 11 is 0. The predicted octanol–water partition coefficient (Wildman–Crippen LogP) is 1.00. The van der Waals surface area contributed by atoms with Crippen LogP contribution in [-0.2, 0) is 4.79 Å². The molecule has 0 unspecified atom stereocenters. The van der Waals surface area contributed by atoms with Crippen LogP contribution in [-0.4, -0.2) is 49.9 Å². The summed E-state index contributed by atoms with van der Waals surface area (Å²) in [5.74, 6) is 0.528. The zero-order chi connectivity index (χ0) is 13.3. The van der Waals surface area contributed by atoms with Crippen molar-refractivity contribution in [3.05, 3.63) is 29.8 Å². The third-order valence-electron chi connectivity index (χ3n) is 3.63. The van der Waals surface area contributed by atoms with Crippen LogP contribution >= 0.6 is 0 Å². The van der Waals surface area contributed by atoms with Crippen LogP contribution in [0.2, 0.25) is 0 Å². The molecule has 0 saturated carbocycles. The van der Waals surface area contributed by atoms with Crippen molar-refractivity contribution >= 4 is 11.6 Å². The molecule has 2 N–H and O–H groups in total. The van der Waals surface area contributed by atoms with E-state index in [2.05, 4.69) is 11.9 Å². The van der Waals surface area contributed by atoms with Gasteiger partial charge in [-0.25, -0.2) is 0 Å². The van der Waals surface area contributed by atoms with Crippen molar-refractivity contribution in [1.29, 1.82) is 0 Å². The van der Waals surface area contributed by atoms with E-state index in [-0.39, 0.29) is 17.7 Å². The number of nitrogen functional groups attached to an aromatic ring is 1. The van der Waals surface area contributed by atoms with Gasteiger partial charge in [0, 0.05) is 38.8 Å². The van der Waals surface area contributed by atoms with Crippen LogP contribution < -0.4 is 5.73 Å². The van der Waals surface area contributed by atoms with Gasteiger partial charge in [-0.15, -0.1) is 0 Å². The van der Waals surface area contributed by atoms with E-state index in [4.69, 9.17) is 5.73 Å². The van der Waals surface area contributed by atoms with Crippen LogP contribution in [0.25, 0.3) is 0 Å². The number of likely N-dealkylation sites (tertiary alicyclic amines) is 1. The molecule has 1 amide bonds. The standard InChI is InChI=1S/C14H21N3O/c1-16(2)14(18)13-9-17(3)8-12(13)10-4-6-11(15)7-5-10/h4-7,12-13H,8-9,15H2,1-3H3/t12-,13-/m0/s1. The highest BCUT2D eigenvalue weighted by Gasteiger charge is 2.37. The number of carbonyl (C=O) groups excluding carboxylic acids is 1. The summed E-state index contributed by atoms with van der Waals surface area (Å²) in [6, 6.07) is 7.89. The molecule has 1 fully saturated rings. The fourth-order valence-electron chi connectivity index (χ4n) is 2.66. The maximum Gasteiger partial charge on any atom is 0.227 e. The van der Waals surface area contributed by atoms with E-state index < -0.39 is 0 Å². The lowest BCUT2D eigenvalue weighted by atomic mass is 9.88. The number of carbonyl (C=O) groups is 1. The van der Waals surface area contributed by atoms with Gasteiger partial charge in [-0.05, 0) is 24.7 Å². The molecule has 2 atom stereocenters. The molecule has 1 aliphatic rings. The Morgan fingerprint density at radius 1 is 1.28 bits per heavy atom. The highest BCUT2D eigenvalue weighted by molar-refractivity contribution is 5.80. The van der Waals surface area contributed by atoms with Gasteiger partial charge in [-0.2, -0.15) is 0 Å². The fourth-order valence-corrected chi connectivity index (χ4v) is 2.66. The van der Waals surface area contributed by atoms with Gasteiger partial charge < -0.3 is 15.5 Å². The van der Waals surface area contributed by atoms with Gasteiger partial charge >= 0.3 is 0 Å². The molecule has 4 heteroatoms. The number of likely N-dealkylation sites (N-methyl/N-ethyl adjacent to an activating group) is 1. The quantitative estimate of drug-likeness (QED) is 0.793. The summed E-state index contributed by atoms with van der Waals surface area (Å²) in [4.78, 5) is 16.1. The van der Waals surface area contributed by atoms with Gasteiger partial charge in [0.25, 0.3) is 0 Å². The van der Waals surface area contributed by atoms with E-state index in [0.717, 1.165) is 18.8 Å². The summed E-state index contributed by atoms with van der Waals surface area (Å²) in [6.45, 7) is 1.75. The largest absolute Gasteiger partial charge is 0.399 e. The number of benzene rings is 1. The first kappa shape index (κ1) is 12.9. The Balaban J connectivity index is 2.24. The predicted molar refractivity (Wildman–Crippen MR) is 73.3 cm³/mol. The molecular formula is C14H21N3O. The van der Waals surface area contributed by atoms with Gasteiger partial charge in [0.05, 0.1) is 5.92 Å². The van der Waals surface area contributed by atoms with E-state index >= 15 is 0 Å². The molecule has 0 spiro atoms. The Kier molecular flexibility index (Phi) is 3.57. The molecule has 1 aromatic carbocycles. The molecule has 1 heterocycles. The van der Waals surface area contributed by atoms with Crippen LogP contribution in [0, 0.1) is 5.92 Å². The normalized spacial score (nSPS) is 24.2. The van der Waals surface area contributed by atoms with Crippen molar-refractivity contribution in [2.75, 3.05) is 40.0 Å². The van der Waals surface area contributed by atoms with Crippen LogP contribution in [0.15, 0.2) is 24.3 Å². The Morgan fingerprint density at radius 2 is 1.89 bits per heavy atom. The molecule has 0 aliphatic carbocycles. The molecule has 2 rings (SSSR count). The lowest BCUT2D eigenvalue weighted by Gasteiger charge is -2.21. The van der Waals surface area contributed by atoms with Crippen molar-refractivity contribution in [2.24, 2.45) is 5.92 Å². The number of nitrogens with zero attached hydrogens (tertiary/aromatic N) is 2. The molecular weight excluding hydrogens is 226 g/mol. The Morgan fingerprint density at radius 3 is 2.44 bits per heavy atom. The number of nitrogens with two attached hydrogens (primary N) is 1. The third kappa shape index (κ3) is 2.48. The first-order valence-electron chi connectivity index (χ1n) is 6.24. The molecule has 0 bridgehead atoms. The summed E-state index contributed by atoms with van der Waals surface area (Å²) in [5, 5.41) is 0. The lowest BCUT2D eigenvalue weighted by Crippen LogP contribution is -2.33. The molecule has 4 nitrogen and oxygen atoms in total. The molecule has 18 heavy (non-hydrogen) atoms. The van der Waals surface area contributed by atoms with Gasteiger partial charge in [0.2, 0.25) is 5.91 Å². The average molecular weight is 247 g/mol. The number of hydrogen-bond acceptors (Lipinski definition) is 3. The first-order chi connectivity index (χ1) is 8.49. The minimum Gasteiger partial charge on any atom is -0.399 e. The van der Waals surface area contributed by atoms with E-state index in [9.17, 15) is 4.79 Å². The summed E-state index contributed by atoms with van der Waals surface area (Å²) in [5.41, 5.74) is 7.68. The minimum atomic E-state index is 0.0497. The maximum absolute atomic E-state index is 12.2. The van der Waals surface area contributed by atoms with Crippen molar-refractivity contribution in [1.82, 2.24) is 9.80 Å². The Hall–Kier alpha value is -1.55. The molecule has 1 saturated heterocycles. The van der Waals surface area contributed by atoms with Crippen molar-refractivity contribution < 1.29 is 4.79 Å². The first-order valence-corrected chi connectivity index (χ1v) is 6.24. The van der Waals surface area contributed by atoms with Gasteiger partial charge in [-0.3, -0.25) is 4.79 Å². The Labute approximate surface area is 108 Å². The van der Waals surface area contributed by atoms with Crippen LogP contribution in [0.4, 0.5) is 5.69 Å². The number of hydrogen-bond donors (Lipinski definition) is 1. The molecule has 1 aromatic rings. The van der Waals surface area contributed by atoms with Gasteiger partial charge in [-0.1, -0.05) is 12.1 Å². The van der Waals surface area contributed by atoms with Crippen molar-refractivity contribution in [3.8, 4) is 0 Å². The van der Waals surface area contributed by atoms with Gasteiger partial charge in [0.1, 0.15) is 0 Å². The Bertz CT molecular complexity index is 427. The molecule has 0 radical (unpaired) electrons. The van der Waals surface area contributed by atoms with E-state index in [1.54, 1.807) is 4.90 Å². The van der Waals surface area contributed by atoms with Gasteiger partial charge in [0.15, 0.2) is 0 Å². The van der Waals surface area contributed by atoms with Crippen LogP contribution in [0.1, 0.15) is 11.5 Å². The second kappa shape index (κ2) is 4.98. The fraction of sp³-hybridized carbons (Fsp3) is 0.500. The number of anilines is 1. The minimum absolute atomic E-state index is 0.0497. The zero-order valence-electron chi connectivity index (χ0n) is 11.3. The maximum atomic E-state index is 12.2. The summed E-state index contributed by atoms with van der Waals surface area (Å²) in [6.07, 6.45) is 0. The number of rotatable bonds is 2. The SMILES string of the molecule is CN1C[C@H](C(=O)N(C)C)[C@H](c2ccc(N)cc2)C1. The monoisotopic (exact) mass is 247 g/mol. The third-order valence-corrected chi connectivity index (χ3v) is 3.63. The lowest BCUT2D eigenvalue weighted by molar-refractivity contribution is -0.132. The van der Waals surface area contributed by atoms with Crippen molar-refractivity contribution in [2.45, 2.75) is 5.92 Å². The smallest absolute Gasteiger partial charge is 0.227 e. The highest BCUT2D eigenvalue weighted by Crippen LogP contribution is 2.33. The van der Waals surface area contributed by atoms with Crippen LogP contribution in [0.3, 0.4) is 0 Å². The topological polar surface area (TPSA) is 49.6 Å².